The van der Waals surface area contributed by atoms with Crippen LogP contribution in [0.2, 0.25) is 5.28 Å². The Morgan fingerprint density at radius 3 is 2.42 bits per heavy atom. The molecule has 0 aromatic carbocycles. The van der Waals surface area contributed by atoms with Crippen molar-refractivity contribution >= 4 is 27.3 Å². The second-order valence-corrected chi connectivity index (χ2v) is 11.2. The third-order valence-electron chi connectivity index (χ3n) is 4.44. The summed E-state index contributed by atoms with van der Waals surface area (Å²) in [6.07, 6.45) is 0. The summed E-state index contributed by atoms with van der Waals surface area (Å²) < 4.78 is 29.4. The zero-order valence-corrected chi connectivity index (χ0v) is 16.7. The van der Waals surface area contributed by atoms with Crippen molar-refractivity contribution < 1.29 is 13.2 Å². The Morgan fingerprint density at radius 1 is 1.25 bits per heavy atom. The number of morpholine rings is 1. The molecule has 0 saturated carbocycles. The van der Waals surface area contributed by atoms with Crippen LogP contribution in [0.4, 0.5) is 5.82 Å². The van der Waals surface area contributed by atoms with E-state index in [0.29, 0.717) is 31.3 Å². The predicted molar refractivity (Wildman–Crippen MR) is 96.4 cm³/mol. The van der Waals surface area contributed by atoms with Gasteiger partial charge in [0.2, 0.25) is 5.28 Å². The third-order valence-corrected chi connectivity index (χ3v) is 7.78. The number of rotatable bonds is 3. The summed E-state index contributed by atoms with van der Waals surface area (Å²) in [5, 5.41) is 0.0541. The van der Waals surface area contributed by atoms with Gasteiger partial charge in [-0.2, -0.15) is 0 Å². The molecule has 1 aromatic rings. The lowest BCUT2D eigenvalue weighted by Gasteiger charge is -2.36. The lowest BCUT2D eigenvalue weighted by Crippen LogP contribution is -2.45. The Kier molecular flexibility index (Phi) is 5.19. The van der Waals surface area contributed by atoms with Crippen LogP contribution >= 0.6 is 11.6 Å². The van der Waals surface area contributed by atoms with E-state index in [1.807, 2.05) is 6.92 Å². The van der Waals surface area contributed by atoms with Crippen molar-refractivity contribution in [1.29, 1.82) is 0 Å². The average molecular weight is 376 g/mol. The van der Waals surface area contributed by atoms with Crippen LogP contribution < -0.4 is 4.90 Å². The first-order chi connectivity index (χ1) is 10.9. The molecule has 2 heterocycles. The van der Waals surface area contributed by atoms with E-state index in [2.05, 4.69) is 14.9 Å². The molecular weight excluding hydrogens is 350 g/mol. The van der Waals surface area contributed by atoms with Gasteiger partial charge in [0, 0.05) is 12.6 Å². The van der Waals surface area contributed by atoms with Gasteiger partial charge in [-0.1, -0.05) is 0 Å². The summed E-state index contributed by atoms with van der Waals surface area (Å²) in [5.74, 6) is 0.637. The van der Waals surface area contributed by atoms with E-state index >= 15 is 0 Å². The topological polar surface area (TPSA) is 72.4 Å². The molecule has 1 saturated heterocycles. The maximum Gasteiger partial charge on any atom is 0.224 e. The fourth-order valence-corrected chi connectivity index (χ4v) is 4.92. The molecule has 0 spiro atoms. The van der Waals surface area contributed by atoms with Crippen molar-refractivity contribution in [2.45, 2.75) is 57.1 Å². The SMILES string of the molecule is C[C@H]1COCCN1c1cc(C(C)(C)S(=O)(=O)C(C)(C)C)nc(Cl)n1. The Balaban J connectivity index is 2.52. The lowest BCUT2D eigenvalue weighted by atomic mass is 10.1. The summed E-state index contributed by atoms with van der Waals surface area (Å²) in [7, 11) is -3.50. The molecule has 1 atom stereocenters. The summed E-state index contributed by atoms with van der Waals surface area (Å²) in [4.78, 5) is 10.6. The van der Waals surface area contributed by atoms with Crippen molar-refractivity contribution in [3.8, 4) is 0 Å². The van der Waals surface area contributed by atoms with Crippen LogP contribution in [0.1, 0.15) is 47.2 Å². The number of hydrogen-bond donors (Lipinski definition) is 0. The van der Waals surface area contributed by atoms with Gasteiger partial charge in [0.1, 0.15) is 10.6 Å². The Hall–Kier alpha value is -0.920. The van der Waals surface area contributed by atoms with Crippen molar-refractivity contribution in [3.05, 3.63) is 17.0 Å². The maximum absolute atomic E-state index is 13.0. The zero-order valence-electron chi connectivity index (χ0n) is 15.1. The molecule has 0 amide bonds. The van der Waals surface area contributed by atoms with E-state index < -0.39 is 19.3 Å². The maximum atomic E-state index is 13.0. The number of aromatic nitrogens is 2. The quantitative estimate of drug-likeness (QED) is 0.756. The minimum absolute atomic E-state index is 0.0541. The number of nitrogens with zero attached hydrogens (tertiary/aromatic N) is 3. The van der Waals surface area contributed by atoms with Crippen LogP contribution in [0.15, 0.2) is 6.07 Å². The lowest BCUT2D eigenvalue weighted by molar-refractivity contribution is 0.0985. The average Bonchev–Trinajstić information content (AvgIpc) is 2.45. The smallest absolute Gasteiger partial charge is 0.224 e. The minimum Gasteiger partial charge on any atom is -0.377 e. The van der Waals surface area contributed by atoms with Crippen LogP contribution in [0.25, 0.3) is 0 Å². The molecule has 0 N–H and O–H groups in total. The molecule has 0 bridgehead atoms. The standard InChI is InChI=1S/C16H26ClN3O3S/c1-11-10-23-8-7-20(11)13-9-12(18-14(17)19-13)16(5,6)24(21,22)15(2,3)4/h9,11H,7-8,10H2,1-6H3/t11-/m0/s1. The first kappa shape index (κ1) is 19.4. The second kappa shape index (κ2) is 6.42. The number of sulfone groups is 1. The molecule has 6 nitrogen and oxygen atoms in total. The van der Waals surface area contributed by atoms with Crippen LogP contribution in [0, 0.1) is 0 Å². The number of anilines is 1. The Labute approximate surface area is 149 Å². The molecular formula is C16H26ClN3O3S. The van der Waals surface area contributed by atoms with Crippen molar-refractivity contribution in [2.75, 3.05) is 24.7 Å². The second-order valence-electron chi connectivity index (χ2n) is 7.62. The highest BCUT2D eigenvalue weighted by Gasteiger charge is 2.45. The molecule has 1 aliphatic heterocycles. The van der Waals surface area contributed by atoms with Crippen LogP contribution in [0.5, 0.6) is 0 Å². The van der Waals surface area contributed by atoms with Gasteiger partial charge >= 0.3 is 0 Å². The monoisotopic (exact) mass is 375 g/mol. The van der Waals surface area contributed by atoms with E-state index in [1.54, 1.807) is 40.7 Å². The fourth-order valence-electron chi connectivity index (χ4n) is 2.83. The highest BCUT2D eigenvalue weighted by molar-refractivity contribution is 7.93. The van der Waals surface area contributed by atoms with Gasteiger partial charge < -0.3 is 9.64 Å². The van der Waals surface area contributed by atoms with Gasteiger partial charge in [-0.25, -0.2) is 18.4 Å². The van der Waals surface area contributed by atoms with Gasteiger partial charge in [0.05, 0.1) is 29.7 Å². The van der Waals surface area contributed by atoms with Crippen LogP contribution in [-0.2, 0) is 19.3 Å². The Bertz CT molecular complexity index is 714. The summed E-state index contributed by atoms with van der Waals surface area (Å²) in [6, 6.07) is 1.87. The third kappa shape index (κ3) is 3.39. The first-order valence-electron chi connectivity index (χ1n) is 8.01. The molecule has 24 heavy (non-hydrogen) atoms. The predicted octanol–water partition coefficient (Wildman–Crippen LogP) is 2.80. The molecule has 0 radical (unpaired) electrons. The zero-order chi connectivity index (χ0) is 18.3. The van der Waals surface area contributed by atoms with E-state index in [1.165, 1.54) is 0 Å². The number of ether oxygens (including phenoxy) is 1. The molecule has 136 valence electrons. The molecule has 1 fully saturated rings. The van der Waals surface area contributed by atoms with Crippen molar-refractivity contribution in [2.24, 2.45) is 0 Å². The number of halogens is 1. The van der Waals surface area contributed by atoms with Crippen molar-refractivity contribution in [3.63, 3.8) is 0 Å². The van der Waals surface area contributed by atoms with Gasteiger partial charge in [0.25, 0.3) is 0 Å². The van der Waals surface area contributed by atoms with Crippen LogP contribution in [-0.4, -0.2) is 48.9 Å². The van der Waals surface area contributed by atoms with E-state index in [-0.39, 0.29) is 11.3 Å². The normalized spacial score (nSPS) is 20.3. The van der Waals surface area contributed by atoms with Gasteiger partial charge in [-0.3, -0.25) is 0 Å². The van der Waals surface area contributed by atoms with E-state index in [0.717, 1.165) is 0 Å². The van der Waals surface area contributed by atoms with Gasteiger partial charge in [-0.05, 0) is 53.1 Å². The largest absolute Gasteiger partial charge is 0.377 e. The summed E-state index contributed by atoms with van der Waals surface area (Å²) in [5.41, 5.74) is 0.408. The molecule has 1 aliphatic rings. The molecule has 0 unspecified atom stereocenters. The van der Waals surface area contributed by atoms with E-state index in [9.17, 15) is 8.42 Å². The summed E-state index contributed by atoms with van der Waals surface area (Å²) in [6.45, 7) is 12.3. The van der Waals surface area contributed by atoms with Crippen LogP contribution in [0.3, 0.4) is 0 Å². The Morgan fingerprint density at radius 2 is 1.88 bits per heavy atom. The highest BCUT2D eigenvalue weighted by Crippen LogP contribution is 2.37. The molecule has 1 aromatic heterocycles. The molecule has 2 rings (SSSR count). The fraction of sp³-hybridized carbons (Fsp3) is 0.750. The van der Waals surface area contributed by atoms with Crippen molar-refractivity contribution in [1.82, 2.24) is 9.97 Å². The minimum atomic E-state index is -3.50. The highest BCUT2D eigenvalue weighted by atomic mass is 35.5. The summed E-state index contributed by atoms with van der Waals surface area (Å²) >= 11 is 6.11. The number of hydrogen-bond acceptors (Lipinski definition) is 6. The first-order valence-corrected chi connectivity index (χ1v) is 9.87. The van der Waals surface area contributed by atoms with Gasteiger partial charge in [0.15, 0.2) is 9.84 Å². The molecule has 8 heteroatoms. The van der Waals surface area contributed by atoms with E-state index in [4.69, 9.17) is 16.3 Å². The molecule has 0 aliphatic carbocycles. The van der Waals surface area contributed by atoms with Gasteiger partial charge in [-0.15, -0.1) is 0 Å².